The van der Waals surface area contributed by atoms with Crippen molar-refractivity contribution < 1.29 is 9.90 Å². The van der Waals surface area contributed by atoms with E-state index in [9.17, 15) is 9.90 Å². The lowest BCUT2D eigenvalue weighted by Crippen LogP contribution is -2.19. The third kappa shape index (κ3) is 3.89. The number of anilines is 2. The molecule has 21 heavy (non-hydrogen) atoms. The molecule has 0 saturated carbocycles. The minimum atomic E-state index is -0.575. The van der Waals surface area contributed by atoms with E-state index < -0.39 is 6.03 Å². The summed E-state index contributed by atoms with van der Waals surface area (Å²) in [4.78, 5) is 10.8. The van der Waals surface area contributed by atoms with Crippen molar-refractivity contribution in [1.82, 2.24) is 0 Å². The van der Waals surface area contributed by atoms with Gasteiger partial charge in [-0.15, -0.1) is 0 Å². The normalized spacial score (nSPS) is 11.7. The fourth-order valence-corrected chi connectivity index (χ4v) is 2.08. The molecule has 0 aromatic heterocycles. The number of carbonyl (C=O) groups is 1. The molecule has 0 spiro atoms. The summed E-state index contributed by atoms with van der Waals surface area (Å²) in [7, 11) is 0. The van der Waals surface area contributed by atoms with Gasteiger partial charge in [-0.3, -0.25) is 0 Å². The first kappa shape index (κ1) is 14.7. The number of benzene rings is 2. The summed E-state index contributed by atoms with van der Waals surface area (Å²) >= 11 is 0. The molecule has 2 amide bonds. The highest BCUT2D eigenvalue weighted by Crippen LogP contribution is 2.24. The Bertz CT molecular complexity index is 638. The van der Waals surface area contributed by atoms with Crippen LogP contribution in [-0.2, 0) is 0 Å². The highest BCUT2D eigenvalue weighted by atomic mass is 16.3. The number of hydrogen-bond acceptors (Lipinski definition) is 3. The number of urea groups is 1. The second kappa shape index (κ2) is 6.17. The van der Waals surface area contributed by atoms with Gasteiger partial charge in [0.2, 0.25) is 0 Å². The van der Waals surface area contributed by atoms with Crippen molar-refractivity contribution >= 4 is 17.4 Å². The molecule has 0 saturated heterocycles. The van der Waals surface area contributed by atoms with E-state index in [2.05, 4.69) is 10.6 Å². The molecule has 5 nitrogen and oxygen atoms in total. The Morgan fingerprint density at radius 3 is 2.33 bits per heavy atom. The number of phenols is 1. The van der Waals surface area contributed by atoms with Gasteiger partial charge in [0, 0.05) is 17.4 Å². The smallest absolute Gasteiger partial charge is 0.316 e. The van der Waals surface area contributed by atoms with Crippen LogP contribution in [0.2, 0.25) is 0 Å². The van der Waals surface area contributed by atoms with E-state index in [0.717, 1.165) is 16.8 Å². The number of hydrogen-bond donors (Lipinski definition) is 4. The molecule has 0 radical (unpaired) electrons. The second-order valence-corrected chi connectivity index (χ2v) is 4.98. The molecule has 0 aliphatic rings. The number of amides is 2. The molecule has 2 rings (SSSR count). The highest BCUT2D eigenvalue weighted by molar-refractivity contribution is 5.87. The molecule has 5 heteroatoms. The maximum Gasteiger partial charge on any atom is 0.316 e. The van der Waals surface area contributed by atoms with E-state index in [1.807, 2.05) is 38.1 Å². The Morgan fingerprint density at radius 1 is 1.14 bits per heavy atom. The molecule has 0 fully saturated rings. The number of carbonyl (C=O) groups excluding carboxylic acids is 1. The lowest BCUT2D eigenvalue weighted by Gasteiger charge is -2.17. The quantitative estimate of drug-likeness (QED) is 0.649. The van der Waals surface area contributed by atoms with Gasteiger partial charge in [0.05, 0.1) is 0 Å². The van der Waals surface area contributed by atoms with Crippen LogP contribution in [-0.4, -0.2) is 11.1 Å². The SMILES string of the molecule is Cc1cc(NC(C)c2ccc(NC(N)=O)cc2)ccc1O. The number of aryl methyl sites for hydroxylation is 1. The first-order chi connectivity index (χ1) is 9.95. The van der Waals surface area contributed by atoms with Crippen LogP contribution >= 0.6 is 0 Å². The Hall–Kier alpha value is -2.69. The predicted octanol–water partition coefficient (Wildman–Crippen LogP) is 3.36. The fourth-order valence-electron chi connectivity index (χ4n) is 2.08. The fraction of sp³-hybridized carbons (Fsp3) is 0.188. The van der Waals surface area contributed by atoms with Crippen molar-refractivity contribution in [2.45, 2.75) is 19.9 Å². The first-order valence-electron chi connectivity index (χ1n) is 6.68. The van der Waals surface area contributed by atoms with Crippen LogP contribution in [0.15, 0.2) is 42.5 Å². The van der Waals surface area contributed by atoms with Crippen molar-refractivity contribution in [2.24, 2.45) is 5.73 Å². The Morgan fingerprint density at radius 2 is 1.76 bits per heavy atom. The third-order valence-corrected chi connectivity index (χ3v) is 3.26. The molecule has 0 aliphatic heterocycles. The van der Waals surface area contributed by atoms with Crippen LogP contribution in [0, 0.1) is 6.92 Å². The van der Waals surface area contributed by atoms with Gasteiger partial charge in [-0.1, -0.05) is 12.1 Å². The van der Waals surface area contributed by atoms with E-state index in [0.29, 0.717) is 5.69 Å². The summed E-state index contributed by atoms with van der Waals surface area (Å²) in [5.41, 5.74) is 8.58. The van der Waals surface area contributed by atoms with Crippen LogP contribution in [0.5, 0.6) is 5.75 Å². The van der Waals surface area contributed by atoms with E-state index in [1.165, 1.54) is 0 Å². The van der Waals surface area contributed by atoms with Crippen molar-refractivity contribution in [3.05, 3.63) is 53.6 Å². The van der Waals surface area contributed by atoms with Gasteiger partial charge < -0.3 is 21.5 Å². The predicted molar refractivity (Wildman–Crippen MR) is 84.5 cm³/mol. The summed E-state index contributed by atoms with van der Waals surface area (Å²) in [6.07, 6.45) is 0. The van der Waals surface area contributed by atoms with Crippen LogP contribution in [0.3, 0.4) is 0 Å². The molecule has 2 aromatic rings. The van der Waals surface area contributed by atoms with Crippen molar-refractivity contribution in [1.29, 1.82) is 0 Å². The average Bonchev–Trinajstić information content (AvgIpc) is 2.43. The van der Waals surface area contributed by atoms with Crippen LogP contribution in [0.1, 0.15) is 24.1 Å². The molecular weight excluding hydrogens is 266 g/mol. The average molecular weight is 285 g/mol. The van der Waals surface area contributed by atoms with Gasteiger partial charge in [-0.25, -0.2) is 4.79 Å². The zero-order valence-corrected chi connectivity index (χ0v) is 12.1. The van der Waals surface area contributed by atoms with Gasteiger partial charge in [-0.05, 0) is 55.3 Å². The Labute approximate surface area is 123 Å². The van der Waals surface area contributed by atoms with Gasteiger partial charge >= 0.3 is 6.03 Å². The zero-order chi connectivity index (χ0) is 15.4. The second-order valence-electron chi connectivity index (χ2n) is 4.98. The summed E-state index contributed by atoms with van der Waals surface area (Å²) in [5, 5.41) is 15.4. The lowest BCUT2D eigenvalue weighted by atomic mass is 10.1. The number of rotatable bonds is 4. The molecule has 1 atom stereocenters. The molecule has 1 unspecified atom stereocenters. The van der Waals surface area contributed by atoms with E-state index in [-0.39, 0.29) is 11.8 Å². The Balaban J connectivity index is 2.07. The minimum absolute atomic E-state index is 0.0940. The lowest BCUT2D eigenvalue weighted by molar-refractivity contribution is 0.259. The Kier molecular flexibility index (Phi) is 4.33. The van der Waals surface area contributed by atoms with Crippen molar-refractivity contribution in [3.63, 3.8) is 0 Å². The molecule has 0 heterocycles. The first-order valence-corrected chi connectivity index (χ1v) is 6.68. The van der Waals surface area contributed by atoms with E-state index >= 15 is 0 Å². The highest BCUT2D eigenvalue weighted by Gasteiger charge is 2.07. The number of phenolic OH excluding ortho intramolecular Hbond substituents is 1. The summed E-state index contributed by atoms with van der Waals surface area (Å²) in [6, 6.07) is 12.4. The molecule has 110 valence electrons. The van der Waals surface area contributed by atoms with Gasteiger partial charge in [0.15, 0.2) is 0 Å². The van der Waals surface area contributed by atoms with Crippen LogP contribution in [0.25, 0.3) is 0 Å². The summed E-state index contributed by atoms with van der Waals surface area (Å²) < 4.78 is 0. The van der Waals surface area contributed by atoms with Crippen molar-refractivity contribution in [3.8, 4) is 5.75 Å². The molecule has 2 aromatic carbocycles. The van der Waals surface area contributed by atoms with Crippen molar-refractivity contribution in [2.75, 3.05) is 10.6 Å². The number of primary amides is 1. The number of aromatic hydroxyl groups is 1. The standard InChI is InChI=1S/C16H19N3O2/c1-10-9-14(7-8-15(10)20)18-11(2)12-3-5-13(6-4-12)19-16(17)21/h3-9,11,18,20H,1-2H3,(H3,17,19,21). The minimum Gasteiger partial charge on any atom is -0.508 e. The molecule has 0 aliphatic carbocycles. The maximum atomic E-state index is 10.8. The van der Waals surface area contributed by atoms with E-state index in [1.54, 1.807) is 18.2 Å². The van der Waals surface area contributed by atoms with Gasteiger partial charge in [0.25, 0.3) is 0 Å². The third-order valence-electron chi connectivity index (χ3n) is 3.26. The van der Waals surface area contributed by atoms with Gasteiger partial charge in [-0.2, -0.15) is 0 Å². The molecular formula is C16H19N3O2. The topological polar surface area (TPSA) is 87.4 Å². The monoisotopic (exact) mass is 285 g/mol. The summed E-state index contributed by atoms with van der Waals surface area (Å²) in [5.74, 6) is 0.287. The largest absolute Gasteiger partial charge is 0.508 e. The van der Waals surface area contributed by atoms with Crippen LogP contribution in [0.4, 0.5) is 16.2 Å². The number of nitrogens with two attached hydrogens (primary N) is 1. The molecule has 5 N–H and O–H groups in total. The number of nitrogens with one attached hydrogen (secondary N) is 2. The van der Waals surface area contributed by atoms with Gasteiger partial charge in [0.1, 0.15) is 5.75 Å². The summed E-state index contributed by atoms with van der Waals surface area (Å²) in [6.45, 7) is 3.90. The van der Waals surface area contributed by atoms with Crippen LogP contribution < -0.4 is 16.4 Å². The van der Waals surface area contributed by atoms with E-state index in [4.69, 9.17) is 5.73 Å². The maximum absolute atomic E-state index is 10.8. The zero-order valence-electron chi connectivity index (χ0n) is 12.1. The molecule has 0 bridgehead atoms.